The summed E-state index contributed by atoms with van der Waals surface area (Å²) in [6.45, 7) is 6.18. The molecule has 0 aliphatic carbocycles. The molecule has 1 N–H and O–H groups in total. The molecule has 31 heavy (non-hydrogen) atoms. The van der Waals surface area contributed by atoms with E-state index in [9.17, 15) is 9.18 Å². The smallest absolute Gasteiger partial charge is 0.224 e. The average molecular weight is 421 g/mol. The molecular formula is C25H29FN4O. The summed E-state index contributed by atoms with van der Waals surface area (Å²) in [5.41, 5.74) is 4.53. The number of halogens is 1. The second-order valence-electron chi connectivity index (χ2n) is 8.31. The van der Waals surface area contributed by atoms with E-state index in [4.69, 9.17) is 0 Å². The number of hydrogen-bond acceptors (Lipinski definition) is 3. The minimum absolute atomic E-state index is 0.0107. The fraction of sp³-hybridized carbons (Fsp3) is 0.360. The molecule has 1 fully saturated rings. The van der Waals surface area contributed by atoms with E-state index in [1.54, 1.807) is 6.07 Å². The Labute approximate surface area is 182 Å². The lowest BCUT2D eigenvalue weighted by Crippen LogP contribution is -2.47. The van der Waals surface area contributed by atoms with Gasteiger partial charge in [-0.05, 0) is 51.4 Å². The normalized spacial score (nSPS) is 16.9. The van der Waals surface area contributed by atoms with Gasteiger partial charge in [-0.15, -0.1) is 0 Å². The van der Waals surface area contributed by atoms with Crippen LogP contribution in [0.5, 0.6) is 0 Å². The molecule has 1 aliphatic heterocycles. The first-order valence-corrected chi connectivity index (χ1v) is 10.9. The summed E-state index contributed by atoms with van der Waals surface area (Å²) >= 11 is 0. The van der Waals surface area contributed by atoms with Gasteiger partial charge in [-0.2, -0.15) is 5.10 Å². The molecule has 0 saturated carbocycles. The summed E-state index contributed by atoms with van der Waals surface area (Å²) in [6, 6.07) is 16.9. The molecule has 6 heteroatoms. The van der Waals surface area contributed by atoms with Gasteiger partial charge in [0.15, 0.2) is 0 Å². The van der Waals surface area contributed by atoms with Crippen LogP contribution in [0.15, 0.2) is 54.6 Å². The molecule has 2 aromatic carbocycles. The minimum atomic E-state index is -0.171. The summed E-state index contributed by atoms with van der Waals surface area (Å²) in [5, 5.41) is 7.83. The van der Waals surface area contributed by atoms with E-state index in [0.717, 1.165) is 48.6 Å². The third-order valence-corrected chi connectivity index (χ3v) is 6.00. The first-order valence-electron chi connectivity index (χ1n) is 10.9. The van der Waals surface area contributed by atoms with Gasteiger partial charge < -0.3 is 5.32 Å². The van der Waals surface area contributed by atoms with Crippen LogP contribution in [0.3, 0.4) is 0 Å². The third kappa shape index (κ3) is 5.02. The fourth-order valence-corrected chi connectivity index (χ4v) is 4.38. The first kappa shape index (κ1) is 21.2. The Morgan fingerprint density at radius 2 is 1.87 bits per heavy atom. The molecule has 1 unspecified atom stereocenters. The monoisotopic (exact) mass is 420 g/mol. The largest absolute Gasteiger partial charge is 0.352 e. The zero-order valence-electron chi connectivity index (χ0n) is 18.1. The molecular weight excluding hydrogens is 391 g/mol. The number of piperidine rings is 1. The van der Waals surface area contributed by atoms with Crippen molar-refractivity contribution in [3.05, 3.63) is 82.9 Å². The molecule has 1 amide bonds. The third-order valence-electron chi connectivity index (χ3n) is 6.00. The number of rotatable bonds is 6. The van der Waals surface area contributed by atoms with Gasteiger partial charge in [0.1, 0.15) is 5.82 Å². The van der Waals surface area contributed by atoms with Crippen LogP contribution < -0.4 is 5.32 Å². The zero-order valence-corrected chi connectivity index (χ0v) is 18.1. The number of hydrogen-bond donors (Lipinski definition) is 1. The Hall–Kier alpha value is -2.99. The van der Waals surface area contributed by atoms with Crippen molar-refractivity contribution in [1.82, 2.24) is 20.0 Å². The molecule has 5 nitrogen and oxygen atoms in total. The Morgan fingerprint density at radius 1 is 1.13 bits per heavy atom. The number of benzene rings is 2. The number of para-hydroxylation sites is 1. The highest BCUT2D eigenvalue weighted by Crippen LogP contribution is 2.19. The highest BCUT2D eigenvalue weighted by atomic mass is 19.1. The van der Waals surface area contributed by atoms with E-state index in [1.807, 2.05) is 61.0 Å². The predicted molar refractivity (Wildman–Crippen MR) is 120 cm³/mol. The number of aryl methyl sites for hydroxylation is 1. The fourth-order valence-electron chi connectivity index (χ4n) is 4.38. The molecule has 1 saturated heterocycles. The van der Waals surface area contributed by atoms with Crippen molar-refractivity contribution >= 4 is 5.91 Å². The molecule has 0 spiro atoms. The summed E-state index contributed by atoms with van der Waals surface area (Å²) in [5.74, 6) is -0.161. The van der Waals surface area contributed by atoms with Crippen molar-refractivity contribution < 1.29 is 9.18 Å². The molecule has 1 aliphatic rings. The van der Waals surface area contributed by atoms with Crippen molar-refractivity contribution in [2.24, 2.45) is 0 Å². The Balaban J connectivity index is 1.38. The van der Waals surface area contributed by atoms with Gasteiger partial charge in [-0.3, -0.25) is 9.69 Å². The van der Waals surface area contributed by atoms with Crippen molar-refractivity contribution in [3.63, 3.8) is 0 Å². The van der Waals surface area contributed by atoms with Crippen LogP contribution >= 0.6 is 0 Å². The molecule has 162 valence electrons. The standard InChI is InChI=1S/C25H29FN4O/c1-18-23(19(2)30(28-18)22-11-4-3-5-12-22)15-25(31)27-21-10-8-14-29(17-21)16-20-9-6-7-13-24(20)26/h3-7,9,11-13,21H,8,10,14-17H2,1-2H3,(H,27,31). The van der Waals surface area contributed by atoms with Crippen LogP contribution in [0.4, 0.5) is 4.39 Å². The lowest BCUT2D eigenvalue weighted by Gasteiger charge is -2.33. The topological polar surface area (TPSA) is 50.2 Å². The van der Waals surface area contributed by atoms with Crippen LogP contribution in [0.1, 0.15) is 35.4 Å². The summed E-state index contributed by atoms with van der Waals surface area (Å²) in [6.07, 6.45) is 2.25. The average Bonchev–Trinajstić information content (AvgIpc) is 3.04. The van der Waals surface area contributed by atoms with Gasteiger partial charge >= 0.3 is 0 Å². The van der Waals surface area contributed by atoms with Crippen molar-refractivity contribution in [2.45, 2.75) is 45.7 Å². The van der Waals surface area contributed by atoms with Crippen molar-refractivity contribution in [2.75, 3.05) is 13.1 Å². The van der Waals surface area contributed by atoms with E-state index in [1.165, 1.54) is 6.07 Å². The van der Waals surface area contributed by atoms with E-state index < -0.39 is 0 Å². The predicted octanol–water partition coefficient (Wildman–Crippen LogP) is 3.95. The molecule has 0 radical (unpaired) electrons. The zero-order chi connectivity index (χ0) is 21.8. The second kappa shape index (κ2) is 9.43. The van der Waals surface area contributed by atoms with E-state index in [0.29, 0.717) is 18.5 Å². The number of amides is 1. The lowest BCUT2D eigenvalue weighted by molar-refractivity contribution is -0.121. The summed E-state index contributed by atoms with van der Waals surface area (Å²) in [7, 11) is 0. The maximum atomic E-state index is 14.0. The molecule has 1 atom stereocenters. The summed E-state index contributed by atoms with van der Waals surface area (Å²) < 4.78 is 15.9. The minimum Gasteiger partial charge on any atom is -0.352 e. The van der Waals surface area contributed by atoms with Gasteiger partial charge in [-0.1, -0.05) is 36.4 Å². The SMILES string of the molecule is Cc1nn(-c2ccccc2)c(C)c1CC(=O)NC1CCCN(Cc2ccccc2F)C1. The van der Waals surface area contributed by atoms with Crippen molar-refractivity contribution in [1.29, 1.82) is 0 Å². The number of carbonyl (C=O) groups is 1. The van der Waals surface area contributed by atoms with Gasteiger partial charge in [0, 0.05) is 36.0 Å². The molecule has 1 aromatic heterocycles. The van der Waals surface area contributed by atoms with E-state index >= 15 is 0 Å². The van der Waals surface area contributed by atoms with Crippen LogP contribution in [-0.2, 0) is 17.8 Å². The number of likely N-dealkylation sites (tertiary alicyclic amines) is 1. The highest BCUT2D eigenvalue weighted by Gasteiger charge is 2.23. The molecule has 2 heterocycles. The van der Waals surface area contributed by atoms with Crippen LogP contribution in [0.2, 0.25) is 0 Å². The van der Waals surface area contributed by atoms with Gasteiger partial charge in [0.25, 0.3) is 0 Å². The second-order valence-corrected chi connectivity index (χ2v) is 8.31. The van der Waals surface area contributed by atoms with Gasteiger partial charge in [0.05, 0.1) is 17.8 Å². The maximum Gasteiger partial charge on any atom is 0.224 e. The van der Waals surface area contributed by atoms with E-state index in [2.05, 4.69) is 15.3 Å². The Kier molecular flexibility index (Phi) is 6.47. The van der Waals surface area contributed by atoms with Gasteiger partial charge in [-0.25, -0.2) is 9.07 Å². The number of carbonyl (C=O) groups excluding carboxylic acids is 1. The van der Waals surface area contributed by atoms with Crippen LogP contribution in [0.25, 0.3) is 5.69 Å². The Bertz CT molecular complexity index is 1050. The summed E-state index contributed by atoms with van der Waals surface area (Å²) in [4.78, 5) is 15.0. The maximum absolute atomic E-state index is 14.0. The lowest BCUT2D eigenvalue weighted by atomic mass is 10.0. The highest BCUT2D eigenvalue weighted by molar-refractivity contribution is 5.79. The molecule has 3 aromatic rings. The molecule has 4 rings (SSSR count). The quantitative estimate of drug-likeness (QED) is 0.657. The van der Waals surface area contributed by atoms with Crippen LogP contribution in [-0.4, -0.2) is 39.7 Å². The Morgan fingerprint density at radius 3 is 2.65 bits per heavy atom. The number of nitrogens with zero attached hydrogens (tertiary/aromatic N) is 3. The number of nitrogens with one attached hydrogen (secondary N) is 1. The van der Waals surface area contributed by atoms with Crippen molar-refractivity contribution in [3.8, 4) is 5.69 Å². The first-order chi connectivity index (χ1) is 15.0. The van der Waals surface area contributed by atoms with Gasteiger partial charge in [0.2, 0.25) is 5.91 Å². The van der Waals surface area contributed by atoms with Crippen LogP contribution in [0, 0.1) is 19.7 Å². The molecule has 0 bridgehead atoms. The van der Waals surface area contributed by atoms with E-state index in [-0.39, 0.29) is 17.8 Å². The number of aromatic nitrogens is 2.